The Hall–Kier alpha value is -3.14. The van der Waals surface area contributed by atoms with Crippen molar-refractivity contribution in [1.82, 2.24) is 0 Å². The number of nitro groups is 1. The van der Waals surface area contributed by atoms with E-state index in [-0.39, 0.29) is 12.3 Å². The Balaban J connectivity index is 1.73. The summed E-state index contributed by atoms with van der Waals surface area (Å²) in [6, 6.07) is 21.1. The fraction of sp³-hybridized carbons (Fsp3) is 0.0455. The van der Waals surface area contributed by atoms with Gasteiger partial charge in [-0.15, -0.1) is 0 Å². The van der Waals surface area contributed by atoms with Crippen molar-refractivity contribution in [3.63, 3.8) is 0 Å². The standard InChI is InChI=1S/C22H14BrClN2O3/c23-19-6-4-17(5-7-19)18(13-25)11-16-3-10-22(21(24)12-16)29-14-15-1-8-20(9-2-15)26(27)28/h1-12H,14H2/b18-11+. The van der Waals surface area contributed by atoms with Gasteiger partial charge in [-0.1, -0.05) is 45.7 Å². The second kappa shape index (κ2) is 9.37. The van der Waals surface area contributed by atoms with Crippen LogP contribution in [-0.4, -0.2) is 4.92 Å². The average Bonchev–Trinajstić information content (AvgIpc) is 2.72. The normalized spacial score (nSPS) is 11.0. The minimum atomic E-state index is -0.447. The van der Waals surface area contributed by atoms with E-state index in [1.807, 2.05) is 30.3 Å². The third-order valence-electron chi connectivity index (χ3n) is 4.08. The molecule has 0 bridgehead atoms. The van der Waals surface area contributed by atoms with E-state index in [1.54, 1.807) is 30.3 Å². The number of allylic oxidation sites excluding steroid dienone is 1. The molecule has 0 atom stereocenters. The van der Waals surface area contributed by atoms with E-state index in [1.165, 1.54) is 12.1 Å². The van der Waals surface area contributed by atoms with Crippen molar-refractivity contribution in [3.8, 4) is 11.8 Å². The molecule has 0 aliphatic heterocycles. The Morgan fingerprint density at radius 1 is 1.14 bits per heavy atom. The van der Waals surface area contributed by atoms with Gasteiger partial charge in [0.1, 0.15) is 12.4 Å². The highest BCUT2D eigenvalue weighted by atomic mass is 79.9. The van der Waals surface area contributed by atoms with Gasteiger partial charge in [0.25, 0.3) is 5.69 Å². The third-order valence-corrected chi connectivity index (χ3v) is 4.91. The first-order valence-corrected chi connectivity index (χ1v) is 9.67. The molecule has 144 valence electrons. The summed E-state index contributed by atoms with van der Waals surface area (Å²) in [6.07, 6.45) is 1.76. The molecular formula is C22H14BrClN2O3. The lowest BCUT2D eigenvalue weighted by Gasteiger charge is -2.09. The van der Waals surface area contributed by atoms with Crippen LogP contribution >= 0.6 is 27.5 Å². The number of hydrogen-bond acceptors (Lipinski definition) is 4. The largest absolute Gasteiger partial charge is 0.487 e. The number of hydrogen-bond donors (Lipinski definition) is 0. The Morgan fingerprint density at radius 2 is 1.83 bits per heavy atom. The van der Waals surface area contributed by atoms with Crippen molar-refractivity contribution >= 4 is 44.9 Å². The average molecular weight is 470 g/mol. The van der Waals surface area contributed by atoms with E-state index in [9.17, 15) is 15.4 Å². The van der Waals surface area contributed by atoms with Gasteiger partial charge in [-0.25, -0.2) is 0 Å². The summed E-state index contributed by atoms with van der Waals surface area (Å²) in [5.74, 6) is 0.490. The van der Waals surface area contributed by atoms with Crippen LogP contribution in [0.1, 0.15) is 16.7 Å². The summed E-state index contributed by atoms with van der Waals surface area (Å²) < 4.78 is 6.66. The molecule has 0 saturated carbocycles. The third kappa shape index (κ3) is 5.44. The maximum absolute atomic E-state index is 10.7. The zero-order chi connectivity index (χ0) is 20.8. The Kier molecular flexibility index (Phi) is 6.65. The van der Waals surface area contributed by atoms with Gasteiger partial charge in [0.15, 0.2) is 0 Å². The highest BCUT2D eigenvalue weighted by Gasteiger charge is 2.07. The molecule has 3 rings (SSSR count). The Morgan fingerprint density at radius 3 is 2.41 bits per heavy atom. The van der Waals surface area contributed by atoms with Gasteiger partial charge >= 0.3 is 0 Å². The summed E-state index contributed by atoms with van der Waals surface area (Å²) in [5, 5.41) is 20.6. The van der Waals surface area contributed by atoms with Gasteiger partial charge in [-0.05, 0) is 59.2 Å². The van der Waals surface area contributed by atoms with Crippen LogP contribution in [0.5, 0.6) is 5.75 Å². The summed E-state index contributed by atoms with van der Waals surface area (Å²) in [7, 11) is 0. The lowest BCUT2D eigenvalue weighted by molar-refractivity contribution is -0.384. The van der Waals surface area contributed by atoms with Gasteiger partial charge in [0, 0.05) is 16.6 Å². The quantitative estimate of drug-likeness (QED) is 0.175. The van der Waals surface area contributed by atoms with Gasteiger partial charge < -0.3 is 4.74 Å². The minimum absolute atomic E-state index is 0.0296. The lowest BCUT2D eigenvalue weighted by Crippen LogP contribution is -1.97. The summed E-state index contributed by atoms with van der Waals surface area (Å²) in [6.45, 7) is 0.231. The zero-order valence-electron chi connectivity index (χ0n) is 15.0. The highest BCUT2D eigenvalue weighted by Crippen LogP contribution is 2.28. The van der Waals surface area contributed by atoms with E-state index in [4.69, 9.17) is 16.3 Å². The summed E-state index contributed by atoms with van der Waals surface area (Å²) in [5.41, 5.74) is 2.93. The number of nitriles is 1. The molecule has 0 aliphatic rings. The van der Waals surface area contributed by atoms with Crippen molar-refractivity contribution in [2.75, 3.05) is 0 Å². The number of benzene rings is 3. The van der Waals surface area contributed by atoms with Crippen molar-refractivity contribution in [2.45, 2.75) is 6.61 Å². The molecule has 0 spiro atoms. The second-order valence-corrected chi connectivity index (χ2v) is 7.40. The predicted octanol–water partition coefficient (Wildman–Crippen LogP) is 6.65. The maximum Gasteiger partial charge on any atom is 0.269 e. The number of nitro benzene ring substituents is 1. The number of nitrogens with zero attached hydrogens (tertiary/aromatic N) is 2. The van der Waals surface area contributed by atoms with Gasteiger partial charge in [0.2, 0.25) is 0 Å². The molecule has 0 saturated heterocycles. The Labute approximate surface area is 181 Å². The maximum atomic E-state index is 10.7. The molecule has 29 heavy (non-hydrogen) atoms. The molecular weight excluding hydrogens is 456 g/mol. The van der Waals surface area contributed by atoms with E-state index in [0.717, 1.165) is 21.2 Å². The van der Waals surface area contributed by atoms with Crippen molar-refractivity contribution < 1.29 is 9.66 Å². The molecule has 0 fully saturated rings. The summed E-state index contributed by atoms with van der Waals surface area (Å²) in [4.78, 5) is 10.3. The van der Waals surface area contributed by atoms with Crippen LogP contribution in [0.4, 0.5) is 5.69 Å². The Bertz CT molecular complexity index is 1100. The topological polar surface area (TPSA) is 76.2 Å². The molecule has 7 heteroatoms. The van der Waals surface area contributed by atoms with Gasteiger partial charge in [0.05, 0.1) is 21.6 Å². The molecule has 0 aromatic heterocycles. The molecule has 5 nitrogen and oxygen atoms in total. The van der Waals surface area contributed by atoms with Crippen LogP contribution in [0, 0.1) is 21.4 Å². The number of halogens is 2. The first-order chi connectivity index (χ1) is 14.0. The van der Waals surface area contributed by atoms with Crippen LogP contribution in [0.25, 0.3) is 11.6 Å². The number of ether oxygens (including phenoxy) is 1. The minimum Gasteiger partial charge on any atom is -0.487 e. The number of non-ortho nitro benzene ring substituents is 1. The number of rotatable bonds is 6. The van der Waals surface area contributed by atoms with Crippen LogP contribution in [-0.2, 0) is 6.61 Å². The van der Waals surface area contributed by atoms with E-state index >= 15 is 0 Å². The molecule has 0 heterocycles. The molecule has 0 aliphatic carbocycles. The fourth-order valence-electron chi connectivity index (χ4n) is 2.58. The first-order valence-electron chi connectivity index (χ1n) is 8.49. The van der Waals surface area contributed by atoms with Crippen LogP contribution in [0.3, 0.4) is 0 Å². The lowest BCUT2D eigenvalue weighted by atomic mass is 10.0. The SMILES string of the molecule is N#C/C(=C\c1ccc(OCc2ccc([N+](=O)[O-])cc2)c(Cl)c1)c1ccc(Br)cc1. The monoisotopic (exact) mass is 468 g/mol. The predicted molar refractivity (Wildman–Crippen MR) is 117 cm³/mol. The van der Waals surface area contributed by atoms with Gasteiger partial charge in [-0.2, -0.15) is 5.26 Å². The zero-order valence-corrected chi connectivity index (χ0v) is 17.4. The van der Waals surface area contributed by atoms with Crippen LogP contribution in [0.2, 0.25) is 5.02 Å². The van der Waals surface area contributed by atoms with Crippen molar-refractivity contribution in [3.05, 3.63) is 103 Å². The molecule has 3 aromatic carbocycles. The smallest absolute Gasteiger partial charge is 0.269 e. The van der Waals surface area contributed by atoms with E-state index in [0.29, 0.717) is 16.3 Å². The molecule has 0 radical (unpaired) electrons. The molecule has 0 amide bonds. The fourth-order valence-corrected chi connectivity index (χ4v) is 3.08. The molecule has 0 N–H and O–H groups in total. The molecule has 3 aromatic rings. The second-order valence-electron chi connectivity index (χ2n) is 6.08. The van der Waals surface area contributed by atoms with Crippen LogP contribution in [0.15, 0.2) is 71.2 Å². The van der Waals surface area contributed by atoms with Gasteiger partial charge in [-0.3, -0.25) is 10.1 Å². The van der Waals surface area contributed by atoms with Crippen molar-refractivity contribution in [2.24, 2.45) is 0 Å². The molecule has 0 unspecified atom stereocenters. The summed E-state index contributed by atoms with van der Waals surface area (Å²) >= 11 is 9.70. The van der Waals surface area contributed by atoms with E-state index in [2.05, 4.69) is 22.0 Å². The first kappa shape index (κ1) is 20.6. The van der Waals surface area contributed by atoms with Crippen molar-refractivity contribution in [1.29, 1.82) is 5.26 Å². The van der Waals surface area contributed by atoms with Crippen LogP contribution < -0.4 is 4.74 Å². The van der Waals surface area contributed by atoms with E-state index < -0.39 is 4.92 Å². The highest BCUT2D eigenvalue weighted by molar-refractivity contribution is 9.10.